The van der Waals surface area contributed by atoms with Crippen molar-refractivity contribution >= 4 is 30.1 Å². The smallest absolute Gasteiger partial charge is 0.221 e. The third kappa shape index (κ3) is 6.53. The lowest BCUT2D eigenvalue weighted by Gasteiger charge is -2.31. The largest absolute Gasteiger partial charge is 0.352 e. The Hall–Kier alpha value is 0.0700. The Balaban J connectivity index is 0.00000256. The molecular formula is C12H25ClN2OS. The maximum atomic E-state index is 11.7. The van der Waals surface area contributed by atoms with Crippen LogP contribution in [0, 0.1) is 0 Å². The highest BCUT2D eigenvalue weighted by molar-refractivity contribution is 7.99. The van der Waals surface area contributed by atoms with Gasteiger partial charge in [0.2, 0.25) is 5.91 Å². The normalized spacial score (nSPS) is 25.8. The van der Waals surface area contributed by atoms with Gasteiger partial charge in [-0.1, -0.05) is 19.8 Å². The van der Waals surface area contributed by atoms with Gasteiger partial charge in [0.15, 0.2) is 0 Å². The molecule has 1 aliphatic rings. The van der Waals surface area contributed by atoms with Gasteiger partial charge >= 0.3 is 0 Å². The van der Waals surface area contributed by atoms with Crippen LogP contribution in [0.5, 0.6) is 0 Å². The molecule has 102 valence electrons. The highest BCUT2D eigenvalue weighted by Gasteiger charge is 2.26. The standard InChI is InChI=1S/C12H24N2OS.ClH/c1-3-16-11-7-5-4-6-10(11)14-12(15)8-9(2)13;/h9-11H,3-8,13H2,1-2H3,(H,14,15);1H. The van der Waals surface area contributed by atoms with Crippen molar-refractivity contribution in [3.05, 3.63) is 0 Å². The number of hydrogen-bond acceptors (Lipinski definition) is 3. The molecule has 0 spiro atoms. The lowest BCUT2D eigenvalue weighted by molar-refractivity contribution is -0.122. The summed E-state index contributed by atoms with van der Waals surface area (Å²) < 4.78 is 0. The predicted octanol–water partition coefficient (Wildman–Crippen LogP) is 2.33. The molecule has 3 unspecified atom stereocenters. The molecule has 17 heavy (non-hydrogen) atoms. The zero-order valence-corrected chi connectivity index (χ0v) is 12.4. The molecule has 0 heterocycles. The molecule has 0 radical (unpaired) electrons. The van der Waals surface area contributed by atoms with E-state index in [2.05, 4.69) is 12.2 Å². The van der Waals surface area contributed by atoms with Crippen LogP contribution in [0.3, 0.4) is 0 Å². The SMILES string of the molecule is CCSC1CCCCC1NC(=O)CC(C)N.Cl. The van der Waals surface area contributed by atoms with Crippen molar-refractivity contribution in [3.63, 3.8) is 0 Å². The van der Waals surface area contributed by atoms with Gasteiger partial charge in [-0.05, 0) is 25.5 Å². The number of thioether (sulfide) groups is 1. The molecule has 0 aliphatic heterocycles. The summed E-state index contributed by atoms with van der Waals surface area (Å²) in [7, 11) is 0. The molecule has 3 N–H and O–H groups in total. The minimum absolute atomic E-state index is 0. The number of rotatable bonds is 5. The molecule has 3 nitrogen and oxygen atoms in total. The van der Waals surface area contributed by atoms with Crippen LogP contribution in [-0.2, 0) is 4.79 Å². The first kappa shape index (κ1) is 17.1. The van der Waals surface area contributed by atoms with Gasteiger partial charge in [-0.3, -0.25) is 4.79 Å². The van der Waals surface area contributed by atoms with E-state index >= 15 is 0 Å². The lowest BCUT2D eigenvalue weighted by atomic mass is 9.94. The van der Waals surface area contributed by atoms with E-state index in [1.165, 1.54) is 19.3 Å². The monoisotopic (exact) mass is 280 g/mol. The fraction of sp³-hybridized carbons (Fsp3) is 0.917. The van der Waals surface area contributed by atoms with Crippen LogP contribution in [0.25, 0.3) is 0 Å². The third-order valence-corrected chi connectivity index (χ3v) is 4.26. The number of nitrogens with two attached hydrogens (primary N) is 1. The van der Waals surface area contributed by atoms with Crippen molar-refractivity contribution in [1.29, 1.82) is 0 Å². The first-order chi connectivity index (χ1) is 7.63. The summed E-state index contributed by atoms with van der Waals surface area (Å²) >= 11 is 1.98. The fourth-order valence-electron chi connectivity index (χ4n) is 2.23. The number of carbonyl (C=O) groups is 1. The highest BCUT2D eigenvalue weighted by atomic mass is 35.5. The quantitative estimate of drug-likeness (QED) is 0.813. The Kier molecular flexibility index (Phi) is 9.10. The van der Waals surface area contributed by atoms with Crippen LogP contribution in [0.2, 0.25) is 0 Å². The zero-order valence-electron chi connectivity index (χ0n) is 10.8. The fourth-order valence-corrected chi connectivity index (χ4v) is 3.43. The Labute approximate surface area is 115 Å². The van der Waals surface area contributed by atoms with Crippen LogP contribution in [0.4, 0.5) is 0 Å². The highest BCUT2D eigenvalue weighted by Crippen LogP contribution is 2.28. The number of nitrogens with one attached hydrogen (secondary N) is 1. The van der Waals surface area contributed by atoms with E-state index in [9.17, 15) is 4.79 Å². The van der Waals surface area contributed by atoms with Crippen molar-refractivity contribution in [3.8, 4) is 0 Å². The molecule has 0 aromatic heterocycles. The number of amides is 1. The zero-order chi connectivity index (χ0) is 12.0. The van der Waals surface area contributed by atoms with Crippen LogP contribution in [0.1, 0.15) is 46.0 Å². The van der Waals surface area contributed by atoms with Gasteiger partial charge in [-0.15, -0.1) is 12.4 Å². The summed E-state index contributed by atoms with van der Waals surface area (Å²) in [6.45, 7) is 4.05. The van der Waals surface area contributed by atoms with Crippen molar-refractivity contribution in [2.24, 2.45) is 5.73 Å². The van der Waals surface area contributed by atoms with Gasteiger partial charge in [0.1, 0.15) is 0 Å². The summed E-state index contributed by atoms with van der Waals surface area (Å²) in [6, 6.07) is 0.325. The summed E-state index contributed by atoms with van der Waals surface area (Å²) in [5.74, 6) is 1.24. The third-order valence-electron chi connectivity index (χ3n) is 2.94. The van der Waals surface area contributed by atoms with Crippen molar-refractivity contribution in [2.75, 3.05) is 5.75 Å². The van der Waals surface area contributed by atoms with E-state index in [-0.39, 0.29) is 24.4 Å². The van der Waals surface area contributed by atoms with E-state index in [4.69, 9.17) is 5.73 Å². The summed E-state index contributed by atoms with van der Waals surface area (Å²) in [5.41, 5.74) is 5.63. The Bertz CT molecular complexity index is 225. The van der Waals surface area contributed by atoms with Crippen molar-refractivity contribution in [2.45, 2.75) is 63.3 Å². The number of halogens is 1. The molecular weight excluding hydrogens is 256 g/mol. The molecule has 3 atom stereocenters. The molecule has 1 rings (SSSR count). The van der Waals surface area contributed by atoms with E-state index in [1.54, 1.807) is 0 Å². The Morgan fingerprint density at radius 3 is 2.71 bits per heavy atom. The number of hydrogen-bond donors (Lipinski definition) is 2. The molecule has 5 heteroatoms. The van der Waals surface area contributed by atoms with Crippen LogP contribution < -0.4 is 11.1 Å². The molecule has 0 bridgehead atoms. The van der Waals surface area contributed by atoms with E-state index in [0.717, 1.165) is 12.2 Å². The second-order valence-corrected chi connectivity index (χ2v) is 6.15. The first-order valence-electron chi connectivity index (χ1n) is 6.30. The second-order valence-electron chi connectivity index (χ2n) is 4.63. The maximum Gasteiger partial charge on any atom is 0.221 e. The van der Waals surface area contributed by atoms with Gasteiger partial charge in [0.25, 0.3) is 0 Å². The molecule has 1 amide bonds. The molecule has 0 aromatic carbocycles. The molecule has 1 aliphatic carbocycles. The topological polar surface area (TPSA) is 55.1 Å². The average molecular weight is 281 g/mol. The maximum absolute atomic E-state index is 11.7. The van der Waals surface area contributed by atoms with Gasteiger partial charge in [-0.2, -0.15) is 11.8 Å². The van der Waals surface area contributed by atoms with Gasteiger partial charge < -0.3 is 11.1 Å². The average Bonchev–Trinajstić information content (AvgIpc) is 2.20. The molecule has 1 saturated carbocycles. The second kappa shape index (κ2) is 9.06. The summed E-state index contributed by atoms with van der Waals surface area (Å²) in [5, 5.41) is 3.75. The summed E-state index contributed by atoms with van der Waals surface area (Å²) in [6.07, 6.45) is 5.35. The Morgan fingerprint density at radius 2 is 2.12 bits per heavy atom. The summed E-state index contributed by atoms with van der Waals surface area (Å²) in [4.78, 5) is 11.7. The van der Waals surface area contributed by atoms with Crippen LogP contribution in [-0.4, -0.2) is 29.0 Å². The van der Waals surface area contributed by atoms with Gasteiger partial charge in [-0.25, -0.2) is 0 Å². The molecule has 0 saturated heterocycles. The van der Waals surface area contributed by atoms with E-state index < -0.39 is 0 Å². The van der Waals surface area contributed by atoms with Gasteiger partial charge in [0, 0.05) is 23.8 Å². The predicted molar refractivity (Wildman–Crippen MR) is 77.8 cm³/mol. The van der Waals surface area contributed by atoms with Crippen molar-refractivity contribution in [1.82, 2.24) is 5.32 Å². The van der Waals surface area contributed by atoms with Crippen LogP contribution in [0.15, 0.2) is 0 Å². The minimum Gasteiger partial charge on any atom is -0.352 e. The van der Waals surface area contributed by atoms with Gasteiger partial charge in [0.05, 0.1) is 0 Å². The number of carbonyl (C=O) groups excluding carboxylic acids is 1. The Morgan fingerprint density at radius 1 is 1.47 bits per heavy atom. The van der Waals surface area contributed by atoms with E-state index in [0.29, 0.717) is 17.7 Å². The van der Waals surface area contributed by atoms with Crippen molar-refractivity contribution < 1.29 is 4.79 Å². The lowest BCUT2D eigenvalue weighted by Crippen LogP contribution is -2.45. The minimum atomic E-state index is -0.0409. The van der Waals surface area contributed by atoms with Crippen LogP contribution >= 0.6 is 24.2 Å². The molecule has 0 aromatic rings. The van der Waals surface area contributed by atoms with E-state index in [1.807, 2.05) is 18.7 Å². The molecule has 1 fully saturated rings. The first-order valence-corrected chi connectivity index (χ1v) is 7.35.